The fraction of sp³-hybridized carbons (Fsp3) is 0.0455. The van der Waals surface area contributed by atoms with Gasteiger partial charge in [-0.15, -0.1) is 0 Å². The second kappa shape index (κ2) is 6.77. The Morgan fingerprint density at radius 1 is 0.967 bits per heavy atom. The third-order valence-corrected chi connectivity index (χ3v) is 4.77. The fourth-order valence-corrected chi connectivity index (χ4v) is 3.35. The van der Waals surface area contributed by atoms with Crippen LogP contribution in [-0.4, -0.2) is 22.0 Å². The zero-order valence-electron chi connectivity index (χ0n) is 15.3. The van der Waals surface area contributed by atoms with Gasteiger partial charge in [0.05, 0.1) is 5.56 Å². The Kier molecular flexibility index (Phi) is 4.34. The third kappa shape index (κ3) is 2.98. The van der Waals surface area contributed by atoms with Gasteiger partial charge in [-0.25, -0.2) is 13.6 Å². The Hall–Kier alpha value is -4.07. The molecular formula is C22H12F2O6. The van der Waals surface area contributed by atoms with Crippen LogP contribution in [0.4, 0.5) is 8.78 Å². The summed E-state index contributed by atoms with van der Waals surface area (Å²) in [7, 11) is 0. The number of ketones is 1. The van der Waals surface area contributed by atoms with Gasteiger partial charge < -0.3 is 14.6 Å². The van der Waals surface area contributed by atoms with Crippen LogP contribution < -0.4 is 5.43 Å². The zero-order chi connectivity index (χ0) is 21.7. The minimum absolute atomic E-state index is 0.0303. The summed E-state index contributed by atoms with van der Waals surface area (Å²) in [6.45, 7) is 1.27. The topological polar surface area (TPSA) is 105 Å². The van der Waals surface area contributed by atoms with Crippen LogP contribution in [0.2, 0.25) is 0 Å². The van der Waals surface area contributed by atoms with E-state index in [1.54, 1.807) is 0 Å². The summed E-state index contributed by atoms with van der Waals surface area (Å²) in [6.07, 6.45) is 0. The van der Waals surface area contributed by atoms with Crippen LogP contribution in [0.25, 0.3) is 33.4 Å². The normalized spacial score (nSPS) is 11.2. The first-order chi connectivity index (χ1) is 14.2. The highest BCUT2D eigenvalue weighted by Crippen LogP contribution is 2.43. The quantitative estimate of drug-likeness (QED) is 0.382. The Balaban J connectivity index is 2.23. The molecule has 150 valence electrons. The summed E-state index contributed by atoms with van der Waals surface area (Å²) in [5.41, 5.74) is -0.970. The SMILES string of the molecule is CC(=O)c1ccc(-c2c3cc(F)c(=O)cc-3oc3cc(O)c(F)cc23)c(C(=O)O)c1. The molecule has 2 N–H and O–H groups in total. The van der Waals surface area contributed by atoms with E-state index in [0.29, 0.717) is 0 Å². The number of aromatic carboxylic acids is 1. The summed E-state index contributed by atoms with van der Waals surface area (Å²) in [5, 5.41) is 19.5. The van der Waals surface area contributed by atoms with Crippen LogP contribution in [0, 0.1) is 11.6 Å². The predicted octanol–water partition coefficient (Wildman–Crippen LogP) is 4.45. The molecule has 0 aromatic heterocycles. The number of carboxylic acid groups (broad SMARTS) is 1. The molecule has 0 bridgehead atoms. The van der Waals surface area contributed by atoms with Gasteiger partial charge >= 0.3 is 5.97 Å². The van der Waals surface area contributed by atoms with Gasteiger partial charge in [0, 0.05) is 34.2 Å². The molecule has 8 heteroatoms. The lowest BCUT2D eigenvalue weighted by Gasteiger charge is -2.17. The van der Waals surface area contributed by atoms with Gasteiger partial charge in [-0.05, 0) is 30.7 Å². The number of hydrogen-bond acceptors (Lipinski definition) is 5. The number of carbonyl (C=O) groups is 2. The molecule has 1 aliphatic heterocycles. The molecule has 0 unspecified atom stereocenters. The van der Waals surface area contributed by atoms with Gasteiger partial charge in [-0.2, -0.15) is 0 Å². The number of carbonyl (C=O) groups excluding carboxylic acids is 1. The molecule has 4 rings (SSSR count). The summed E-state index contributed by atoms with van der Waals surface area (Å²) in [6, 6.07) is 7.58. The average molecular weight is 410 g/mol. The van der Waals surface area contributed by atoms with Crippen molar-refractivity contribution in [3.8, 4) is 28.2 Å². The second-order valence-corrected chi connectivity index (χ2v) is 6.68. The second-order valence-electron chi connectivity index (χ2n) is 6.68. The van der Waals surface area contributed by atoms with Gasteiger partial charge in [-0.3, -0.25) is 9.59 Å². The Morgan fingerprint density at radius 2 is 1.70 bits per heavy atom. The molecule has 6 nitrogen and oxygen atoms in total. The molecule has 0 spiro atoms. The Labute approximate surface area is 167 Å². The molecule has 0 amide bonds. The van der Waals surface area contributed by atoms with E-state index in [9.17, 15) is 33.4 Å². The first-order valence-corrected chi connectivity index (χ1v) is 8.64. The molecule has 2 aliphatic rings. The van der Waals surface area contributed by atoms with Crippen molar-refractivity contribution in [2.75, 3.05) is 0 Å². The van der Waals surface area contributed by atoms with E-state index in [1.807, 2.05) is 0 Å². The van der Waals surface area contributed by atoms with Crippen LogP contribution in [0.5, 0.6) is 5.75 Å². The van der Waals surface area contributed by atoms with Gasteiger partial charge in [0.2, 0.25) is 5.43 Å². The molecule has 2 aromatic carbocycles. The molecule has 1 heterocycles. The number of fused-ring (bicyclic) bond motifs is 2. The Morgan fingerprint density at radius 3 is 2.37 bits per heavy atom. The van der Waals surface area contributed by atoms with Gasteiger partial charge in [-0.1, -0.05) is 12.1 Å². The van der Waals surface area contributed by atoms with Crippen LogP contribution in [0.3, 0.4) is 0 Å². The number of rotatable bonds is 3. The standard InChI is InChI=1S/C22H12F2O6/c1-9(25)10-2-3-11(12(4-10)22(28)29)21-13-5-15(23)17(26)7-19(13)30-20-8-18(27)16(24)6-14(20)21/h2-8,26H,1H3,(H,28,29). The van der Waals surface area contributed by atoms with Crippen molar-refractivity contribution in [3.05, 3.63) is 75.4 Å². The van der Waals surface area contributed by atoms with Crippen molar-refractivity contribution in [3.63, 3.8) is 0 Å². The number of Topliss-reactive ketones (excluding diaryl/α,β-unsaturated/α-hetero) is 1. The highest BCUT2D eigenvalue weighted by molar-refractivity contribution is 6.09. The third-order valence-electron chi connectivity index (χ3n) is 4.77. The lowest BCUT2D eigenvalue weighted by atomic mass is 9.89. The van der Waals surface area contributed by atoms with Crippen molar-refractivity contribution in [1.82, 2.24) is 0 Å². The van der Waals surface area contributed by atoms with E-state index in [0.717, 1.165) is 30.3 Å². The van der Waals surface area contributed by atoms with Crippen LogP contribution >= 0.6 is 0 Å². The Bertz CT molecular complexity index is 1400. The molecule has 0 radical (unpaired) electrons. The minimum Gasteiger partial charge on any atom is -0.505 e. The van der Waals surface area contributed by atoms with E-state index < -0.39 is 28.8 Å². The number of hydrogen-bond donors (Lipinski definition) is 2. The smallest absolute Gasteiger partial charge is 0.336 e. The predicted molar refractivity (Wildman–Crippen MR) is 103 cm³/mol. The van der Waals surface area contributed by atoms with Gasteiger partial charge in [0.1, 0.15) is 11.3 Å². The maximum absolute atomic E-state index is 14.1. The highest BCUT2D eigenvalue weighted by atomic mass is 19.1. The van der Waals surface area contributed by atoms with E-state index in [4.69, 9.17) is 4.42 Å². The average Bonchev–Trinajstić information content (AvgIpc) is 2.68. The van der Waals surface area contributed by atoms with Crippen molar-refractivity contribution < 1.29 is 33.0 Å². The molecule has 30 heavy (non-hydrogen) atoms. The first-order valence-electron chi connectivity index (χ1n) is 8.64. The summed E-state index contributed by atoms with van der Waals surface area (Å²) in [4.78, 5) is 35.4. The monoisotopic (exact) mass is 410 g/mol. The van der Waals surface area contributed by atoms with Crippen molar-refractivity contribution in [2.24, 2.45) is 0 Å². The van der Waals surface area contributed by atoms with E-state index in [1.165, 1.54) is 19.1 Å². The number of halogens is 2. The molecular weight excluding hydrogens is 398 g/mol. The maximum atomic E-state index is 14.1. The number of benzene rings is 3. The summed E-state index contributed by atoms with van der Waals surface area (Å²) >= 11 is 0. The lowest BCUT2D eigenvalue weighted by Crippen LogP contribution is -2.08. The lowest BCUT2D eigenvalue weighted by molar-refractivity contribution is 0.0697. The maximum Gasteiger partial charge on any atom is 0.336 e. The molecule has 0 saturated heterocycles. The number of aromatic hydroxyl groups is 1. The zero-order valence-corrected chi connectivity index (χ0v) is 15.3. The number of carboxylic acids is 1. The van der Waals surface area contributed by atoms with E-state index >= 15 is 0 Å². The van der Waals surface area contributed by atoms with Crippen molar-refractivity contribution in [1.29, 1.82) is 0 Å². The van der Waals surface area contributed by atoms with Crippen LogP contribution in [0.1, 0.15) is 27.6 Å². The first kappa shape index (κ1) is 19.3. The molecule has 0 atom stereocenters. The summed E-state index contributed by atoms with van der Waals surface area (Å²) in [5.74, 6) is -4.63. The molecule has 0 fully saturated rings. The fourth-order valence-electron chi connectivity index (χ4n) is 3.35. The van der Waals surface area contributed by atoms with Crippen molar-refractivity contribution in [2.45, 2.75) is 6.92 Å². The number of phenols is 1. The van der Waals surface area contributed by atoms with E-state index in [2.05, 4.69) is 0 Å². The minimum atomic E-state index is -1.37. The molecule has 2 aromatic rings. The van der Waals surface area contributed by atoms with Gasteiger partial charge in [0.15, 0.2) is 23.2 Å². The molecule has 0 saturated carbocycles. The summed E-state index contributed by atoms with van der Waals surface area (Å²) < 4.78 is 33.8. The van der Waals surface area contributed by atoms with Crippen molar-refractivity contribution >= 4 is 22.7 Å². The van der Waals surface area contributed by atoms with Crippen LogP contribution in [-0.2, 0) is 0 Å². The van der Waals surface area contributed by atoms with Crippen LogP contribution in [0.15, 0.2) is 51.7 Å². The van der Waals surface area contributed by atoms with Gasteiger partial charge in [0.25, 0.3) is 0 Å². The molecule has 1 aliphatic carbocycles. The van der Waals surface area contributed by atoms with E-state index in [-0.39, 0.29) is 50.3 Å². The largest absolute Gasteiger partial charge is 0.505 e. The highest BCUT2D eigenvalue weighted by Gasteiger charge is 2.24. The number of phenolic OH excluding ortho intramolecular Hbond substituents is 1.